The third kappa shape index (κ3) is 4.83. The number of esters is 1. The number of carbonyl (C=O) groups excluding carboxylic acids is 1. The van der Waals surface area contributed by atoms with Crippen molar-refractivity contribution in [3.63, 3.8) is 0 Å². The molecule has 0 fully saturated rings. The molecule has 0 aliphatic rings. The van der Waals surface area contributed by atoms with Gasteiger partial charge in [0, 0.05) is 0 Å². The number of rotatable bonds is 6. The molecule has 0 N–H and O–H groups in total. The predicted octanol–water partition coefficient (Wildman–Crippen LogP) is 2.72. The van der Waals surface area contributed by atoms with Crippen molar-refractivity contribution in [2.24, 2.45) is 0 Å². The standard InChI is InChI=1S/C17H15NO5S/c1-13-2-8-16(9-3-13)24(20,21)23-15-6-4-14(5-7-15)12-22-17(19)10-11-18/h2-9H,10,12H2,1H3. The van der Waals surface area contributed by atoms with Crippen molar-refractivity contribution < 1.29 is 22.1 Å². The van der Waals surface area contributed by atoms with Gasteiger partial charge in [-0.15, -0.1) is 0 Å². The van der Waals surface area contributed by atoms with Gasteiger partial charge in [-0.1, -0.05) is 29.8 Å². The summed E-state index contributed by atoms with van der Waals surface area (Å²) in [4.78, 5) is 11.2. The van der Waals surface area contributed by atoms with Crippen LogP contribution in [-0.2, 0) is 26.3 Å². The SMILES string of the molecule is Cc1ccc(S(=O)(=O)Oc2ccc(COC(=O)CC#N)cc2)cc1. The molecule has 0 amide bonds. The van der Waals surface area contributed by atoms with Crippen LogP contribution < -0.4 is 4.18 Å². The Morgan fingerprint density at radius 1 is 1.08 bits per heavy atom. The first-order chi connectivity index (χ1) is 11.4. The maximum absolute atomic E-state index is 12.2. The second-order valence-corrected chi connectivity index (χ2v) is 6.54. The fourth-order valence-corrected chi connectivity index (χ4v) is 2.73. The van der Waals surface area contributed by atoms with E-state index in [1.165, 1.54) is 24.3 Å². The number of carbonyl (C=O) groups is 1. The van der Waals surface area contributed by atoms with Crippen LogP contribution in [0.15, 0.2) is 53.4 Å². The molecular weight excluding hydrogens is 330 g/mol. The van der Waals surface area contributed by atoms with E-state index in [0.717, 1.165) is 5.56 Å². The highest BCUT2D eigenvalue weighted by Crippen LogP contribution is 2.20. The minimum Gasteiger partial charge on any atom is -0.460 e. The van der Waals surface area contributed by atoms with Crippen molar-refractivity contribution in [3.8, 4) is 11.8 Å². The lowest BCUT2D eigenvalue weighted by molar-refractivity contribution is -0.143. The van der Waals surface area contributed by atoms with Gasteiger partial charge in [0.25, 0.3) is 0 Å². The Labute approximate surface area is 140 Å². The van der Waals surface area contributed by atoms with Crippen LogP contribution in [0.5, 0.6) is 5.75 Å². The van der Waals surface area contributed by atoms with Gasteiger partial charge in [-0.2, -0.15) is 13.7 Å². The van der Waals surface area contributed by atoms with Crippen LogP contribution in [0.4, 0.5) is 0 Å². The topological polar surface area (TPSA) is 93.5 Å². The lowest BCUT2D eigenvalue weighted by atomic mass is 10.2. The number of hydrogen-bond acceptors (Lipinski definition) is 6. The number of aryl methyl sites for hydroxylation is 1. The number of benzene rings is 2. The van der Waals surface area contributed by atoms with E-state index in [0.29, 0.717) is 5.56 Å². The van der Waals surface area contributed by atoms with E-state index in [9.17, 15) is 13.2 Å². The van der Waals surface area contributed by atoms with E-state index < -0.39 is 16.1 Å². The zero-order chi connectivity index (χ0) is 17.6. The van der Waals surface area contributed by atoms with E-state index in [1.807, 2.05) is 6.92 Å². The molecule has 0 aromatic heterocycles. The average molecular weight is 345 g/mol. The molecule has 124 valence electrons. The molecule has 0 saturated carbocycles. The summed E-state index contributed by atoms with van der Waals surface area (Å²) in [6.07, 6.45) is -0.310. The Hall–Kier alpha value is -2.85. The van der Waals surface area contributed by atoms with Crippen LogP contribution in [0.25, 0.3) is 0 Å². The second kappa shape index (κ2) is 7.62. The van der Waals surface area contributed by atoms with Gasteiger partial charge in [0.2, 0.25) is 0 Å². The van der Waals surface area contributed by atoms with Crippen LogP contribution in [-0.4, -0.2) is 14.4 Å². The first kappa shape index (κ1) is 17.5. The maximum Gasteiger partial charge on any atom is 0.339 e. The van der Waals surface area contributed by atoms with Gasteiger partial charge in [-0.25, -0.2) is 0 Å². The van der Waals surface area contributed by atoms with Gasteiger partial charge in [0.1, 0.15) is 23.7 Å². The highest BCUT2D eigenvalue weighted by atomic mass is 32.2. The summed E-state index contributed by atoms with van der Waals surface area (Å²) in [7, 11) is -3.90. The Balaban J connectivity index is 2.02. The Morgan fingerprint density at radius 3 is 2.29 bits per heavy atom. The molecular formula is C17H15NO5S. The molecule has 0 aliphatic heterocycles. The number of nitriles is 1. The molecule has 2 aromatic carbocycles. The van der Waals surface area contributed by atoms with Crippen LogP contribution >= 0.6 is 0 Å². The lowest BCUT2D eigenvalue weighted by Gasteiger charge is -2.08. The van der Waals surface area contributed by atoms with Crippen molar-refractivity contribution in [3.05, 3.63) is 59.7 Å². The summed E-state index contributed by atoms with van der Waals surface area (Å²) < 4.78 is 34.3. The third-order valence-corrected chi connectivity index (χ3v) is 4.32. The molecule has 0 bridgehead atoms. The molecule has 0 heterocycles. The van der Waals surface area contributed by atoms with Gasteiger partial charge in [-0.3, -0.25) is 4.79 Å². The second-order valence-electron chi connectivity index (χ2n) is 4.99. The summed E-state index contributed by atoms with van der Waals surface area (Å²) in [5.41, 5.74) is 1.60. The third-order valence-electron chi connectivity index (χ3n) is 3.06. The number of hydrogen-bond donors (Lipinski definition) is 0. The van der Waals surface area contributed by atoms with Crippen LogP contribution in [0, 0.1) is 18.3 Å². The number of nitrogens with zero attached hydrogens (tertiary/aromatic N) is 1. The zero-order valence-corrected chi connectivity index (χ0v) is 13.7. The molecule has 24 heavy (non-hydrogen) atoms. The van der Waals surface area contributed by atoms with Crippen molar-refractivity contribution >= 4 is 16.1 Å². The van der Waals surface area contributed by atoms with E-state index in [2.05, 4.69) is 0 Å². The zero-order valence-electron chi connectivity index (χ0n) is 12.9. The highest BCUT2D eigenvalue weighted by Gasteiger charge is 2.16. The van der Waals surface area contributed by atoms with Crippen LogP contribution in [0.2, 0.25) is 0 Å². The van der Waals surface area contributed by atoms with Crippen LogP contribution in [0.3, 0.4) is 0 Å². The molecule has 0 saturated heterocycles. The van der Waals surface area contributed by atoms with Crippen LogP contribution in [0.1, 0.15) is 17.5 Å². The summed E-state index contributed by atoms with van der Waals surface area (Å²) in [5, 5.41) is 8.36. The molecule has 0 aliphatic carbocycles. The van der Waals surface area contributed by atoms with Gasteiger partial charge in [0.15, 0.2) is 0 Å². The molecule has 7 heteroatoms. The molecule has 0 radical (unpaired) electrons. The predicted molar refractivity (Wildman–Crippen MR) is 85.5 cm³/mol. The molecule has 6 nitrogen and oxygen atoms in total. The summed E-state index contributed by atoms with van der Waals surface area (Å²) in [6, 6.07) is 14.1. The molecule has 2 rings (SSSR count). The Kier molecular flexibility index (Phi) is 5.55. The summed E-state index contributed by atoms with van der Waals surface area (Å²) in [6.45, 7) is 1.87. The summed E-state index contributed by atoms with van der Waals surface area (Å²) in [5.74, 6) is -0.456. The fourth-order valence-electron chi connectivity index (χ4n) is 1.80. The first-order valence-corrected chi connectivity index (χ1v) is 8.44. The normalized spacial score (nSPS) is 10.7. The first-order valence-electron chi connectivity index (χ1n) is 7.03. The molecule has 2 aromatic rings. The van der Waals surface area contributed by atoms with E-state index in [-0.39, 0.29) is 23.7 Å². The maximum atomic E-state index is 12.2. The number of ether oxygens (including phenoxy) is 1. The highest BCUT2D eigenvalue weighted by molar-refractivity contribution is 7.87. The van der Waals surface area contributed by atoms with Gasteiger partial charge < -0.3 is 8.92 Å². The van der Waals surface area contributed by atoms with E-state index in [4.69, 9.17) is 14.2 Å². The fraction of sp³-hybridized carbons (Fsp3) is 0.176. The summed E-state index contributed by atoms with van der Waals surface area (Å²) >= 11 is 0. The monoisotopic (exact) mass is 345 g/mol. The van der Waals surface area contributed by atoms with Gasteiger partial charge >= 0.3 is 16.1 Å². The van der Waals surface area contributed by atoms with Gasteiger partial charge in [-0.05, 0) is 36.8 Å². The smallest absolute Gasteiger partial charge is 0.339 e. The van der Waals surface area contributed by atoms with E-state index in [1.54, 1.807) is 30.3 Å². The minimum absolute atomic E-state index is 0.00546. The van der Waals surface area contributed by atoms with Crippen molar-refractivity contribution in [2.45, 2.75) is 24.8 Å². The largest absolute Gasteiger partial charge is 0.460 e. The molecule has 0 unspecified atom stereocenters. The quantitative estimate of drug-likeness (QED) is 0.590. The van der Waals surface area contributed by atoms with E-state index >= 15 is 0 Å². The minimum atomic E-state index is -3.90. The Morgan fingerprint density at radius 2 is 1.71 bits per heavy atom. The van der Waals surface area contributed by atoms with Gasteiger partial charge in [0.05, 0.1) is 6.07 Å². The lowest BCUT2D eigenvalue weighted by Crippen LogP contribution is -2.09. The van der Waals surface area contributed by atoms with Crippen molar-refractivity contribution in [2.75, 3.05) is 0 Å². The molecule has 0 spiro atoms. The van der Waals surface area contributed by atoms with Crippen molar-refractivity contribution in [1.29, 1.82) is 5.26 Å². The van der Waals surface area contributed by atoms with Crippen molar-refractivity contribution in [1.82, 2.24) is 0 Å². The Bertz CT molecular complexity index is 849. The molecule has 0 atom stereocenters. The average Bonchev–Trinajstić information content (AvgIpc) is 2.54.